The lowest BCUT2D eigenvalue weighted by Crippen LogP contribution is -2.27. The Hall–Kier alpha value is -0.390. The van der Waals surface area contributed by atoms with Crippen molar-refractivity contribution < 1.29 is 14.2 Å². The van der Waals surface area contributed by atoms with Gasteiger partial charge in [0.2, 0.25) is 0 Å². The van der Waals surface area contributed by atoms with Crippen LogP contribution in [0.15, 0.2) is 16.8 Å². The van der Waals surface area contributed by atoms with Crippen molar-refractivity contribution in [3.8, 4) is 0 Å². The lowest BCUT2D eigenvalue weighted by atomic mass is 10.0. The van der Waals surface area contributed by atoms with Gasteiger partial charge in [-0.3, -0.25) is 4.99 Å². The summed E-state index contributed by atoms with van der Waals surface area (Å²) < 4.78 is 17.5. The predicted octanol–water partition coefficient (Wildman–Crippen LogP) is 1.91. The molecule has 2 aliphatic rings. The van der Waals surface area contributed by atoms with Crippen LogP contribution in [0.4, 0.5) is 4.39 Å². The highest BCUT2D eigenvalue weighted by atomic mass is 32.2. The molecular formula is C11H16FNO2S. The standard InChI is InChI=1S/C11H16FNO2S/c1-7-13-10-3-2-9(4-11(10)16-7)15-6-8(14)5-12/h3,8-9,11,14H,2,4-6H2,1H3. The van der Waals surface area contributed by atoms with Crippen LogP contribution in [0.25, 0.3) is 0 Å². The number of nitrogens with zero attached hydrogens (tertiary/aromatic N) is 1. The highest BCUT2D eigenvalue weighted by Gasteiger charge is 2.29. The van der Waals surface area contributed by atoms with Gasteiger partial charge in [0.05, 0.1) is 28.7 Å². The fourth-order valence-electron chi connectivity index (χ4n) is 1.91. The van der Waals surface area contributed by atoms with Crippen molar-refractivity contribution in [1.29, 1.82) is 0 Å². The second-order valence-electron chi connectivity index (χ2n) is 4.10. The van der Waals surface area contributed by atoms with Crippen molar-refractivity contribution in [2.24, 2.45) is 4.99 Å². The molecule has 0 saturated heterocycles. The van der Waals surface area contributed by atoms with Gasteiger partial charge in [-0.2, -0.15) is 0 Å². The number of fused-ring (bicyclic) bond motifs is 1. The molecule has 5 heteroatoms. The van der Waals surface area contributed by atoms with Gasteiger partial charge < -0.3 is 9.84 Å². The molecule has 0 aromatic carbocycles. The summed E-state index contributed by atoms with van der Waals surface area (Å²) in [6, 6.07) is 0. The second kappa shape index (κ2) is 5.29. The quantitative estimate of drug-likeness (QED) is 0.822. The SMILES string of the molecule is CC1=NC2=CCC(OCC(O)CF)CC2S1. The molecule has 1 heterocycles. The Morgan fingerprint density at radius 3 is 3.31 bits per heavy atom. The van der Waals surface area contributed by atoms with Crippen molar-refractivity contribution in [2.45, 2.75) is 37.2 Å². The number of aliphatic imine (C=N–C) groups is 1. The lowest BCUT2D eigenvalue weighted by Gasteiger charge is -2.25. The van der Waals surface area contributed by atoms with Gasteiger partial charge >= 0.3 is 0 Å². The molecule has 1 N–H and O–H groups in total. The van der Waals surface area contributed by atoms with Gasteiger partial charge in [-0.15, -0.1) is 11.8 Å². The molecular weight excluding hydrogens is 229 g/mol. The summed E-state index contributed by atoms with van der Waals surface area (Å²) in [6.45, 7) is 1.35. The molecule has 90 valence electrons. The van der Waals surface area contributed by atoms with E-state index < -0.39 is 12.8 Å². The third-order valence-corrected chi connectivity index (χ3v) is 3.85. The number of alkyl halides is 1. The zero-order valence-electron chi connectivity index (χ0n) is 9.23. The number of aliphatic hydroxyl groups is 1. The Labute approximate surface area is 98.8 Å². The molecule has 0 radical (unpaired) electrons. The molecule has 2 rings (SSSR count). The van der Waals surface area contributed by atoms with Crippen molar-refractivity contribution in [2.75, 3.05) is 13.3 Å². The fraction of sp³-hybridized carbons (Fsp3) is 0.727. The molecule has 0 aromatic rings. The van der Waals surface area contributed by atoms with Gasteiger partial charge in [0.1, 0.15) is 12.8 Å². The molecule has 0 fully saturated rings. The van der Waals surface area contributed by atoms with E-state index in [1.807, 2.05) is 6.92 Å². The Morgan fingerprint density at radius 2 is 2.56 bits per heavy atom. The highest BCUT2D eigenvalue weighted by Crippen LogP contribution is 2.37. The molecule has 0 bridgehead atoms. The van der Waals surface area contributed by atoms with Crippen LogP contribution in [0.3, 0.4) is 0 Å². The van der Waals surface area contributed by atoms with E-state index in [1.165, 1.54) is 0 Å². The summed E-state index contributed by atoms with van der Waals surface area (Å²) in [5.41, 5.74) is 1.15. The smallest absolute Gasteiger partial charge is 0.118 e. The van der Waals surface area contributed by atoms with Gasteiger partial charge in [-0.05, 0) is 19.8 Å². The number of halogens is 1. The largest absolute Gasteiger partial charge is 0.388 e. The average Bonchev–Trinajstić information content (AvgIpc) is 2.65. The molecule has 0 spiro atoms. The third-order valence-electron chi connectivity index (χ3n) is 2.70. The summed E-state index contributed by atoms with van der Waals surface area (Å²) in [6.07, 6.45) is 2.89. The minimum Gasteiger partial charge on any atom is -0.388 e. The topological polar surface area (TPSA) is 41.8 Å². The number of rotatable bonds is 4. The number of aliphatic hydroxyl groups excluding tert-OH is 1. The van der Waals surface area contributed by atoms with E-state index in [0.717, 1.165) is 23.6 Å². The van der Waals surface area contributed by atoms with Crippen molar-refractivity contribution in [1.82, 2.24) is 0 Å². The average molecular weight is 245 g/mol. The van der Waals surface area contributed by atoms with Gasteiger partial charge in [0.25, 0.3) is 0 Å². The van der Waals surface area contributed by atoms with Crippen molar-refractivity contribution in [3.05, 3.63) is 11.8 Å². The molecule has 3 unspecified atom stereocenters. The second-order valence-corrected chi connectivity index (χ2v) is 5.50. The van der Waals surface area contributed by atoms with Crippen LogP contribution in [-0.4, -0.2) is 40.9 Å². The van der Waals surface area contributed by atoms with Gasteiger partial charge in [0.15, 0.2) is 0 Å². The normalized spacial score (nSPS) is 30.7. The molecule has 3 nitrogen and oxygen atoms in total. The van der Waals surface area contributed by atoms with Crippen molar-refractivity contribution in [3.63, 3.8) is 0 Å². The van der Waals surface area contributed by atoms with Crippen LogP contribution in [0, 0.1) is 0 Å². The Kier molecular flexibility index (Phi) is 4.00. The van der Waals surface area contributed by atoms with Crippen LogP contribution in [0.5, 0.6) is 0 Å². The Bertz CT molecular complexity index is 319. The van der Waals surface area contributed by atoms with Crippen LogP contribution < -0.4 is 0 Å². The first-order valence-corrected chi connectivity index (χ1v) is 6.34. The first-order valence-electron chi connectivity index (χ1n) is 5.46. The van der Waals surface area contributed by atoms with Crippen LogP contribution in [0.1, 0.15) is 19.8 Å². The van der Waals surface area contributed by atoms with E-state index in [1.54, 1.807) is 11.8 Å². The summed E-state index contributed by atoms with van der Waals surface area (Å²) in [5, 5.41) is 10.6. The summed E-state index contributed by atoms with van der Waals surface area (Å²) in [4.78, 5) is 4.43. The molecule has 1 aliphatic carbocycles. The number of ether oxygens (including phenoxy) is 1. The minimum absolute atomic E-state index is 0.0849. The summed E-state index contributed by atoms with van der Waals surface area (Å²) in [5.74, 6) is 0. The number of hydrogen-bond acceptors (Lipinski definition) is 4. The number of hydrogen-bond donors (Lipinski definition) is 1. The maximum atomic E-state index is 12.0. The summed E-state index contributed by atoms with van der Waals surface area (Å²) in [7, 11) is 0. The van der Waals surface area contributed by atoms with E-state index in [9.17, 15) is 4.39 Å². The highest BCUT2D eigenvalue weighted by molar-refractivity contribution is 8.14. The van der Waals surface area contributed by atoms with E-state index in [4.69, 9.17) is 9.84 Å². The van der Waals surface area contributed by atoms with Gasteiger partial charge in [0, 0.05) is 0 Å². The Morgan fingerprint density at radius 1 is 1.75 bits per heavy atom. The molecule has 0 saturated carbocycles. The van der Waals surface area contributed by atoms with Crippen LogP contribution in [-0.2, 0) is 4.74 Å². The monoisotopic (exact) mass is 245 g/mol. The van der Waals surface area contributed by atoms with Crippen LogP contribution in [0.2, 0.25) is 0 Å². The first kappa shape index (κ1) is 12.1. The van der Waals surface area contributed by atoms with E-state index in [0.29, 0.717) is 5.25 Å². The third kappa shape index (κ3) is 2.84. The first-order chi connectivity index (χ1) is 7.69. The van der Waals surface area contributed by atoms with Crippen LogP contribution >= 0.6 is 11.8 Å². The Balaban J connectivity index is 1.81. The van der Waals surface area contributed by atoms with Gasteiger partial charge in [-0.1, -0.05) is 6.08 Å². The molecule has 1 aliphatic heterocycles. The zero-order valence-corrected chi connectivity index (χ0v) is 10.0. The molecule has 3 atom stereocenters. The number of thioether (sulfide) groups is 1. The molecule has 0 aromatic heterocycles. The van der Waals surface area contributed by atoms with Crippen molar-refractivity contribution >= 4 is 16.8 Å². The summed E-state index contributed by atoms with van der Waals surface area (Å²) >= 11 is 1.76. The maximum absolute atomic E-state index is 12.0. The van der Waals surface area contributed by atoms with E-state index in [-0.39, 0.29) is 12.7 Å². The fourth-order valence-corrected chi connectivity index (χ4v) is 3.06. The predicted molar refractivity (Wildman–Crippen MR) is 63.5 cm³/mol. The minimum atomic E-state index is -0.986. The molecule has 16 heavy (non-hydrogen) atoms. The zero-order chi connectivity index (χ0) is 11.5. The maximum Gasteiger partial charge on any atom is 0.118 e. The molecule has 0 amide bonds. The van der Waals surface area contributed by atoms with E-state index in [2.05, 4.69) is 11.1 Å². The lowest BCUT2D eigenvalue weighted by molar-refractivity contribution is -0.0196. The van der Waals surface area contributed by atoms with Gasteiger partial charge in [-0.25, -0.2) is 4.39 Å². The van der Waals surface area contributed by atoms with E-state index >= 15 is 0 Å².